The van der Waals surface area contributed by atoms with Gasteiger partial charge in [0.05, 0.1) is 0 Å². The topological polar surface area (TPSA) is 78.9 Å². The Morgan fingerprint density at radius 3 is 1.19 bits per heavy atom. The highest BCUT2D eigenvalue weighted by Crippen LogP contribution is 2.14. The summed E-state index contributed by atoms with van der Waals surface area (Å²) in [4.78, 5) is 37.9. The summed E-state index contributed by atoms with van der Waals surface area (Å²) in [6, 6.07) is 0. The molecule has 1 unspecified atom stereocenters. The first-order chi connectivity index (χ1) is 30.5. The van der Waals surface area contributed by atoms with E-state index in [1.165, 1.54) is 116 Å². The van der Waals surface area contributed by atoms with Crippen LogP contribution in [0.1, 0.15) is 245 Å². The van der Waals surface area contributed by atoms with Gasteiger partial charge in [-0.1, -0.05) is 203 Å². The van der Waals surface area contributed by atoms with E-state index in [2.05, 4.69) is 93.7 Å². The molecule has 0 aliphatic heterocycles. The van der Waals surface area contributed by atoms with Crippen LogP contribution in [0, 0.1) is 0 Å². The molecule has 356 valence electrons. The molecule has 0 aromatic heterocycles. The van der Waals surface area contributed by atoms with Gasteiger partial charge in [0.2, 0.25) is 0 Å². The van der Waals surface area contributed by atoms with Gasteiger partial charge < -0.3 is 14.2 Å². The molecule has 62 heavy (non-hydrogen) atoms. The molecule has 0 rings (SSSR count). The Kier molecular flexibility index (Phi) is 47.9. The zero-order valence-electron chi connectivity index (χ0n) is 40.6. The van der Waals surface area contributed by atoms with Crippen LogP contribution in [0.4, 0.5) is 0 Å². The number of esters is 3. The molecule has 0 spiro atoms. The Balaban J connectivity index is 4.34. The molecule has 0 aliphatic carbocycles. The van der Waals surface area contributed by atoms with E-state index in [1.54, 1.807) is 0 Å². The average Bonchev–Trinajstić information content (AvgIpc) is 3.27. The van der Waals surface area contributed by atoms with Gasteiger partial charge in [-0.3, -0.25) is 14.4 Å². The van der Waals surface area contributed by atoms with E-state index in [1.807, 2.05) is 0 Å². The quantitative estimate of drug-likeness (QED) is 0.0199. The summed E-state index contributed by atoms with van der Waals surface area (Å²) >= 11 is 0. The van der Waals surface area contributed by atoms with Crippen LogP contribution in [0.5, 0.6) is 0 Å². The van der Waals surface area contributed by atoms with Crippen molar-refractivity contribution in [2.75, 3.05) is 13.2 Å². The Bertz CT molecular complexity index is 1180. The zero-order chi connectivity index (χ0) is 45.1. The molecule has 0 saturated carbocycles. The molecular formula is C56H96O6. The van der Waals surface area contributed by atoms with Crippen LogP contribution in [-0.4, -0.2) is 37.2 Å². The van der Waals surface area contributed by atoms with E-state index in [9.17, 15) is 14.4 Å². The molecule has 0 radical (unpaired) electrons. The van der Waals surface area contributed by atoms with E-state index in [-0.39, 0.29) is 31.1 Å². The van der Waals surface area contributed by atoms with Crippen LogP contribution in [0.15, 0.2) is 72.9 Å². The standard InChI is InChI=1S/C56H96O6/c1-4-7-10-13-16-19-21-23-25-27-28-29-31-32-34-37-40-43-46-49-55(58)61-52-53(51-60-54(57)48-45-42-39-36-18-15-12-9-6-3)62-56(59)50-47-44-41-38-35-33-30-26-24-22-20-17-14-11-8-5-2/h8,11,16-17,19-21,23-24,26,36,39,53H,4-7,9-10,12-15,18,22,25,27-35,37-38,40-52H2,1-3H3/b11-8-,19-16-,20-17-,23-21-,26-24-,39-36-. The van der Waals surface area contributed by atoms with Crippen molar-refractivity contribution in [2.45, 2.75) is 252 Å². The normalized spacial score (nSPS) is 12.6. The lowest BCUT2D eigenvalue weighted by molar-refractivity contribution is -0.167. The third-order valence-corrected chi connectivity index (χ3v) is 10.9. The van der Waals surface area contributed by atoms with Crippen LogP contribution in [0.3, 0.4) is 0 Å². The van der Waals surface area contributed by atoms with Crippen molar-refractivity contribution in [2.24, 2.45) is 0 Å². The molecule has 1 atom stereocenters. The van der Waals surface area contributed by atoms with E-state index in [0.717, 1.165) is 83.5 Å². The maximum atomic E-state index is 12.8. The van der Waals surface area contributed by atoms with Crippen molar-refractivity contribution in [3.63, 3.8) is 0 Å². The summed E-state index contributed by atoms with van der Waals surface area (Å²) < 4.78 is 16.7. The number of carbonyl (C=O) groups excluding carboxylic acids is 3. The Morgan fingerprint density at radius 1 is 0.355 bits per heavy atom. The predicted octanol–water partition coefficient (Wildman–Crippen LogP) is 17.0. The molecule has 0 aromatic carbocycles. The third-order valence-electron chi connectivity index (χ3n) is 10.9. The van der Waals surface area contributed by atoms with Crippen molar-refractivity contribution in [1.29, 1.82) is 0 Å². The van der Waals surface area contributed by atoms with Crippen LogP contribution in [-0.2, 0) is 28.6 Å². The average molecular weight is 865 g/mol. The number of hydrogen-bond acceptors (Lipinski definition) is 6. The van der Waals surface area contributed by atoms with E-state index in [4.69, 9.17) is 14.2 Å². The van der Waals surface area contributed by atoms with Crippen LogP contribution in [0.25, 0.3) is 0 Å². The largest absolute Gasteiger partial charge is 0.462 e. The highest BCUT2D eigenvalue weighted by atomic mass is 16.6. The highest BCUT2D eigenvalue weighted by Gasteiger charge is 2.19. The summed E-state index contributed by atoms with van der Waals surface area (Å²) in [5.74, 6) is -0.944. The first kappa shape index (κ1) is 58.9. The fraction of sp³-hybridized carbons (Fsp3) is 0.732. The lowest BCUT2D eigenvalue weighted by atomic mass is 10.1. The molecule has 0 aliphatic rings. The lowest BCUT2D eigenvalue weighted by Gasteiger charge is -2.18. The first-order valence-corrected chi connectivity index (χ1v) is 26.0. The maximum absolute atomic E-state index is 12.8. The van der Waals surface area contributed by atoms with Crippen LogP contribution < -0.4 is 0 Å². The zero-order valence-corrected chi connectivity index (χ0v) is 40.6. The Labute approximate surface area is 382 Å². The Hall–Kier alpha value is -3.15. The van der Waals surface area contributed by atoms with Gasteiger partial charge in [0.1, 0.15) is 13.2 Å². The molecule has 6 nitrogen and oxygen atoms in total. The summed E-state index contributed by atoms with van der Waals surface area (Å²) in [5.41, 5.74) is 0. The molecule has 0 amide bonds. The van der Waals surface area contributed by atoms with Gasteiger partial charge in [-0.15, -0.1) is 0 Å². The van der Waals surface area contributed by atoms with Crippen molar-refractivity contribution in [3.8, 4) is 0 Å². The monoisotopic (exact) mass is 865 g/mol. The van der Waals surface area contributed by atoms with Crippen molar-refractivity contribution < 1.29 is 28.6 Å². The second-order valence-electron chi connectivity index (χ2n) is 17.1. The van der Waals surface area contributed by atoms with Gasteiger partial charge in [-0.05, 0) is 96.3 Å². The second kappa shape index (κ2) is 50.5. The first-order valence-electron chi connectivity index (χ1n) is 26.0. The number of ether oxygens (including phenoxy) is 3. The van der Waals surface area contributed by atoms with Gasteiger partial charge in [0.15, 0.2) is 6.10 Å². The van der Waals surface area contributed by atoms with Crippen LogP contribution in [0.2, 0.25) is 0 Å². The highest BCUT2D eigenvalue weighted by molar-refractivity contribution is 5.71. The fourth-order valence-electron chi connectivity index (χ4n) is 7.04. The minimum Gasteiger partial charge on any atom is -0.462 e. The maximum Gasteiger partial charge on any atom is 0.306 e. The summed E-state index contributed by atoms with van der Waals surface area (Å²) in [6.07, 6.45) is 63.2. The number of allylic oxidation sites excluding steroid dienone is 12. The SMILES string of the molecule is CC/C=C\C/C=C\C/C=C\CCCCCCCCC(=O)OC(COC(=O)CCC/C=C\CCCCCC)COC(=O)CCCCCCCCCCCC/C=C\C=C/CCCCC. The summed E-state index contributed by atoms with van der Waals surface area (Å²) in [5, 5.41) is 0. The van der Waals surface area contributed by atoms with Gasteiger partial charge >= 0.3 is 17.9 Å². The van der Waals surface area contributed by atoms with Crippen molar-refractivity contribution in [1.82, 2.24) is 0 Å². The van der Waals surface area contributed by atoms with Crippen molar-refractivity contribution in [3.05, 3.63) is 72.9 Å². The number of carbonyl (C=O) groups is 3. The summed E-state index contributed by atoms with van der Waals surface area (Å²) in [6.45, 7) is 6.43. The molecule has 0 aromatic rings. The van der Waals surface area contributed by atoms with Gasteiger partial charge in [0.25, 0.3) is 0 Å². The Morgan fingerprint density at radius 2 is 0.694 bits per heavy atom. The molecule has 0 heterocycles. The van der Waals surface area contributed by atoms with E-state index in [0.29, 0.717) is 25.7 Å². The van der Waals surface area contributed by atoms with Gasteiger partial charge in [0, 0.05) is 19.3 Å². The summed E-state index contributed by atoms with van der Waals surface area (Å²) in [7, 11) is 0. The van der Waals surface area contributed by atoms with E-state index < -0.39 is 6.10 Å². The third kappa shape index (κ3) is 47.9. The second-order valence-corrected chi connectivity index (χ2v) is 17.1. The van der Waals surface area contributed by atoms with Gasteiger partial charge in [-0.25, -0.2) is 0 Å². The predicted molar refractivity (Wildman–Crippen MR) is 265 cm³/mol. The smallest absolute Gasteiger partial charge is 0.306 e. The van der Waals surface area contributed by atoms with Crippen molar-refractivity contribution >= 4 is 17.9 Å². The molecule has 0 saturated heterocycles. The molecule has 0 N–H and O–H groups in total. The lowest BCUT2D eigenvalue weighted by Crippen LogP contribution is -2.30. The van der Waals surface area contributed by atoms with Crippen LogP contribution >= 0.6 is 0 Å². The molecular weight excluding hydrogens is 769 g/mol. The molecule has 6 heteroatoms. The number of unbranched alkanes of at least 4 members (excludes halogenated alkanes) is 24. The minimum absolute atomic E-state index is 0.0912. The van der Waals surface area contributed by atoms with Gasteiger partial charge in [-0.2, -0.15) is 0 Å². The fourth-order valence-corrected chi connectivity index (χ4v) is 7.04. The molecule has 0 bridgehead atoms. The number of hydrogen-bond donors (Lipinski definition) is 0. The number of rotatable bonds is 46. The minimum atomic E-state index is -0.793. The molecule has 0 fully saturated rings. The van der Waals surface area contributed by atoms with E-state index >= 15 is 0 Å².